The summed E-state index contributed by atoms with van der Waals surface area (Å²) in [6, 6.07) is 3.06. The normalized spacial score (nSPS) is 29.9. The maximum Gasteiger partial charge on any atom is 0.0950 e. The van der Waals surface area contributed by atoms with Crippen molar-refractivity contribution in [2.24, 2.45) is 0 Å². The Hall–Kier alpha value is -0.850. The standard InChI is InChI=1S/C13H21N3/c1-12(11-14)15-7-9-16(10-8-15)13-5-3-2-4-6-13/h3,5,12-13H,2,4,6-10H2,1H3. The van der Waals surface area contributed by atoms with Gasteiger partial charge in [0.1, 0.15) is 0 Å². The van der Waals surface area contributed by atoms with E-state index >= 15 is 0 Å². The second kappa shape index (κ2) is 5.47. The maximum absolute atomic E-state index is 8.89. The van der Waals surface area contributed by atoms with Crippen molar-refractivity contribution in [2.75, 3.05) is 26.2 Å². The Morgan fingerprint density at radius 1 is 1.31 bits per heavy atom. The molecule has 0 aromatic rings. The zero-order valence-electron chi connectivity index (χ0n) is 10.1. The van der Waals surface area contributed by atoms with Gasteiger partial charge in [0.2, 0.25) is 0 Å². The summed E-state index contributed by atoms with van der Waals surface area (Å²) in [6.45, 7) is 6.30. The van der Waals surface area contributed by atoms with Gasteiger partial charge in [-0.3, -0.25) is 9.80 Å². The summed E-state index contributed by atoms with van der Waals surface area (Å²) in [6.07, 6.45) is 8.58. The molecule has 0 aromatic heterocycles. The highest BCUT2D eigenvalue weighted by Crippen LogP contribution is 2.18. The van der Waals surface area contributed by atoms with Crippen LogP contribution in [0.25, 0.3) is 0 Å². The van der Waals surface area contributed by atoms with Gasteiger partial charge in [-0.05, 0) is 26.2 Å². The number of hydrogen-bond donors (Lipinski definition) is 0. The van der Waals surface area contributed by atoms with Crippen molar-refractivity contribution < 1.29 is 0 Å². The number of nitriles is 1. The van der Waals surface area contributed by atoms with Gasteiger partial charge in [0.25, 0.3) is 0 Å². The molecule has 0 aromatic carbocycles. The summed E-state index contributed by atoms with van der Waals surface area (Å²) < 4.78 is 0. The summed E-state index contributed by atoms with van der Waals surface area (Å²) in [5, 5.41) is 8.89. The Balaban J connectivity index is 1.83. The van der Waals surface area contributed by atoms with E-state index < -0.39 is 0 Å². The summed E-state index contributed by atoms with van der Waals surface area (Å²) in [7, 11) is 0. The van der Waals surface area contributed by atoms with Crippen LogP contribution in [0, 0.1) is 11.3 Å². The first-order valence-electron chi connectivity index (χ1n) is 6.35. The maximum atomic E-state index is 8.89. The van der Waals surface area contributed by atoms with Crippen LogP contribution >= 0.6 is 0 Å². The Labute approximate surface area is 98.3 Å². The average molecular weight is 219 g/mol. The third-order valence-corrected chi connectivity index (χ3v) is 3.78. The number of nitrogens with zero attached hydrogens (tertiary/aromatic N) is 3. The van der Waals surface area contributed by atoms with Crippen LogP contribution in [0.4, 0.5) is 0 Å². The topological polar surface area (TPSA) is 30.3 Å². The number of allylic oxidation sites excluding steroid dienone is 1. The van der Waals surface area contributed by atoms with E-state index in [-0.39, 0.29) is 6.04 Å². The Kier molecular flexibility index (Phi) is 3.98. The molecule has 1 aliphatic heterocycles. The molecular weight excluding hydrogens is 198 g/mol. The minimum Gasteiger partial charge on any atom is -0.294 e. The minimum absolute atomic E-state index is 0.0732. The summed E-state index contributed by atoms with van der Waals surface area (Å²) in [5.74, 6) is 0. The molecule has 1 fully saturated rings. The SMILES string of the molecule is CC(C#N)N1CCN(C2C=CCCC2)CC1. The minimum atomic E-state index is 0.0732. The highest BCUT2D eigenvalue weighted by molar-refractivity contribution is 5.00. The fourth-order valence-electron chi connectivity index (χ4n) is 2.64. The third kappa shape index (κ3) is 2.63. The van der Waals surface area contributed by atoms with Gasteiger partial charge in [-0.2, -0.15) is 5.26 Å². The molecule has 0 radical (unpaired) electrons. The fraction of sp³-hybridized carbons (Fsp3) is 0.769. The van der Waals surface area contributed by atoms with Crippen LogP contribution in [0.2, 0.25) is 0 Å². The summed E-state index contributed by atoms with van der Waals surface area (Å²) in [4.78, 5) is 4.85. The van der Waals surface area contributed by atoms with E-state index in [1.807, 2.05) is 6.92 Å². The summed E-state index contributed by atoms with van der Waals surface area (Å²) in [5.41, 5.74) is 0. The van der Waals surface area contributed by atoms with Crippen LogP contribution in [0.1, 0.15) is 26.2 Å². The molecule has 0 bridgehead atoms. The monoisotopic (exact) mass is 219 g/mol. The van der Waals surface area contributed by atoms with Gasteiger partial charge in [0, 0.05) is 32.2 Å². The molecule has 1 heterocycles. The molecule has 88 valence electrons. The molecule has 0 amide bonds. The second-order valence-electron chi connectivity index (χ2n) is 4.80. The fourth-order valence-corrected chi connectivity index (χ4v) is 2.64. The first-order valence-corrected chi connectivity index (χ1v) is 6.35. The molecule has 2 unspecified atom stereocenters. The average Bonchev–Trinajstić information content (AvgIpc) is 2.39. The quantitative estimate of drug-likeness (QED) is 0.661. The number of piperazine rings is 1. The van der Waals surface area contributed by atoms with Crippen molar-refractivity contribution in [1.29, 1.82) is 5.26 Å². The Morgan fingerprint density at radius 3 is 2.62 bits per heavy atom. The molecule has 1 saturated heterocycles. The lowest BCUT2D eigenvalue weighted by Crippen LogP contribution is -2.52. The van der Waals surface area contributed by atoms with Crippen molar-refractivity contribution in [1.82, 2.24) is 9.80 Å². The van der Waals surface area contributed by atoms with E-state index in [4.69, 9.17) is 5.26 Å². The number of rotatable bonds is 2. The first-order chi connectivity index (χ1) is 7.81. The summed E-state index contributed by atoms with van der Waals surface area (Å²) >= 11 is 0. The van der Waals surface area contributed by atoms with Crippen LogP contribution in [0.15, 0.2) is 12.2 Å². The van der Waals surface area contributed by atoms with E-state index in [0.717, 1.165) is 26.2 Å². The lowest BCUT2D eigenvalue weighted by Gasteiger charge is -2.39. The molecule has 0 N–H and O–H groups in total. The van der Waals surface area contributed by atoms with Crippen LogP contribution in [0.3, 0.4) is 0 Å². The highest BCUT2D eigenvalue weighted by Gasteiger charge is 2.24. The second-order valence-corrected chi connectivity index (χ2v) is 4.80. The van der Waals surface area contributed by atoms with E-state index in [1.54, 1.807) is 0 Å². The van der Waals surface area contributed by atoms with Gasteiger partial charge < -0.3 is 0 Å². The van der Waals surface area contributed by atoms with Crippen LogP contribution in [0.5, 0.6) is 0 Å². The molecule has 16 heavy (non-hydrogen) atoms. The first kappa shape index (κ1) is 11.6. The van der Waals surface area contributed by atoms with E-state index in [0.29, 0.717) is 6.04 Å². The van der Waals surface area contributed by atoms with Gasteiger partial charge in [-0.25, -0.2) is 0 Å². The molecule has 0 spiro atoms. The van der Waals surface area contributed by atoms with E-state index in [9.17, 15) is 0 Å². The van der Waals surface area contributed by atoms with Crippen LogP contribution in [-0.4, -0.2) is 48.1 Å². The van der Waals surface area contributed by atoms with Crippen molar-refractivity contribution in [3.05, 3.63) is 12.2 Å². The number of hydrogen-bond acceptors (Lipinski definition) is 3. The van der Waals surface area contributed by atoms with Gasteiger partial charge in [0.05, 0.1) is 12.1 Å². The zero-order chi connectivity index (χ0) is 11.4. The predicted octanol–water partition coefficient (Wildman–Crippen LogP) is 1.62. The molecule has 2 rings (SSSR count). The largest absolute Gasteiger partial charge is 0.294 e. The predicted molar refractivity (Wildman–Crippen MR) is 65.0 cm³/mol. The molecule has 3 nitrogen and oxygen atoms in total. The van der Waals surface area contributed by atoms with Crippen molar-refractivity contribution in [3.63, 3.8) is 0 Å². The molecule has 3 heteroatoms. The van der Waals surface area contributed by atoms with Crippen molar-refractivity contribution >= 4 is 0 Å². The molecule has 2 atom stereocenters. The van der Waals surface area contributed by atoms with Gasteiger partial charge in [-0.1, -0.05) is 12.2 Å². The Bertz CT molecular complexity index is 284. The smallest absolute Gasteiger partial charge is 0.0950 e. The highest BCUT2D eigenvalue weighted by atomic mass is 15.3. The molecular formula is C13H21N3. The van der Waals surface area contributed by atoms with Gasteiger partial charge in [-0.15, -0.1) is 0 Å². The van der Waals surface area contributed by atoms with Crippen molar-refractivity contribution in [2.45, 2.75) is 38.3 Å². The third-order valence-electron chi connectivity index (χ3n) is 3.78. The lowest BCUT2D eigenvalue weighted by molar-refractivity contribution is 0.0957. The van der Waals surface area contributed by atoms with Crippen LogP contribution in [-0.2, 0) is 0 Å². The molecule has 0 saturated carbocycles. The molecule has 2 aliphatic rings. The van der Waals surface area contributed by atoms with Crippen LogP contribution < -0.4 is 0 Å². The van der Waals surface area contributed by atoms with Gasteiger partial charge >= 0.3 is 0 Å². The Morgan fingerprint density at radius 2 is 2.06 bits per heavy atom. The lowest BCUT2D eigenvalue weighted by atomic mass is 10.0. The van der Waals surface area contributed by atoms with E-state index in [2.05, 4.69) is 28.0 Å². The van der Waals surface area contributed by atoms with E-state index in [1.165, 1.54) is 19.3 Å². The van der Waals surface area contributed by atoms with Crippen molar-refractivity contribution in [3.8, 4) is 6.07 Å². The molecule has 1 aliphatic carbocycles. The van der Waals surface area contributed by atoms with Gasteiger partial charge in [0.15, 0.2) is 0 Å². The zero-order valence-corrected chi connectivity index (χ0v) is 10.1.